The fourth-order valence-electron chi connectivity index (χ4n) is 4.07. The molecule has 2 aliphatic rings. The molecule has 33 heavy (non-hydrogen) atoms. The predicted octanol–water partition coefficient (Wildman–Crippen LogP) is 3.75. The summed E-state index contributed by atoms with van der Waals surface area (Å²) < 4.78 is 38.0. The van der Waals surface area contributed by atoms with Crippen molar-refractivity contribution in [2.24, 2.45) is 0 Å². The molecule has 8 nitrogen and oxygen atoms in total. The van der Waals surface area contributed by atoms with Gasteiger partial charge in [0.2, 0.25) is 22.7 Å². The zero-order chi connectivity index (χ0) is 23.4. The van der Waals surface area contributed by atoms with E-state index < -0.39 is 10.0 Å². The van der Waals surface area contributed by atoms with E-state index in [0.29, 0.717) is 42.3 Å². The van der Waals surface area contributed by atoms with E-state index in [1.165, 1.54) is 6.92 Å². The third-order valence-corrected chi connectivity index (χ3v) is 7.85. The maximum absolute atomic E-state index is 12.9. The van der Waals surface area contributed by atoms with Crippen LogP contribution in [0.3, 0.4) is 0 Å². The summed E-state index contributed by atoms with van der Waals surface area (Å²) in [4.78, 5) is 24.8. The molecule has 1 fully saturated rings. The van der Waals surface area contributed by atoms with Crippen molar-refractivity contribution in [1.82, 2.24) is 4.31 Å². The van der Waals surface area contributed by atoms with E-state index in [1.807, 2.05) is 0 Å². The summed E-state index contributed by atoms with van der Waals surface area (Å²) >= 11 is 0. The lowest BCUT2D eigenvalue weighted by atomic mass is 10.1. The Morgan fingerprint density at radius 1 is 0.970 bits per heavy atom. The van der Waals surface area contributed by atoms with Crippen LogP contribution in [0.25, 0.3) is 0 Å². The molecule has 0 aromatic heterocycles. The SMILES string of the molecule is CC(=O)c1cc2c(cc1NC(=O)CCc1ccc(S(=O)(=O)N3CCCCCC3)cc1)OCO2. The van der Waals surface area contributed by atoms with Gasteiger partial charge in [-0.15, -0.1) is 0 Å². The van der Waals surface area contributed by atoms with Crippen LogP contribution in [-0.4, -0.2) is 44.3 Å². The third-order valence-electron chi connectivity index (χ3n) is 5.93. The molecule has 0 spiro atoms. The van der Waals surface area contributed by atoms with Crippen LogP contribution < -0.4 is 14.8 Å². The number of ketones is 1. The Labute approximate surface area is 193 Å². The Morgan fingerprint density at radius 2 is 1.61 bits per heavy atom. The smallest absolute Gasteiger partial charge is 0.243 e. The number of nitrogens with zero attached hydrogens (tertiary/aromatic N) is 1. The number of sulfonamides is 1. The number of hydrogen-bond donors (Lipinski definition) is 1. The van der Waals surface area contributed by atoms with Crippen molar-refractivity contribution < 1.29 is 27.5 Å². The lowest BCUT2D eigenvalue weighted by Gasteiger charge is -2.20. The van der Waals surface area contributed by atoms with Gasteiger partial charge in [-0.2, -0.15) is 4.31 Å². The molecular formula is C24H28N2O6S. The quantitative estimate of drug-likeness (QED) is 0.616. The second-order valence-corrected chi connectivity index (χ2v) is 10.3. The number of carbonyl (C=O) groups excluding carboxylic acids is 2. The zero-order valence-electron chi connectivity index (χ0n) is 18.6. The number of fused-ring (bicyclic) bond motifs is 1. The van der Waals surface area contributed by atoms with E-state index in [9.17, 15) is 18.0 Å². The Kier molecular flexibility index (Phi) is 6.99. The standard InChI is InChI=1S/C24H28N2O6S/c1-17(27)20-14-22-23(32-16-31-22)15-21(20)25-24(28)11-8-18-6-9-19(10-7-18)33(29,30)26-12-4-2-3-5-13-26/h6-7,9-10,14-15H,2-5,8,11-13,16H2,1H3,(H,25,28). The van der Waals surface area contributed by atoms with Gasteiger partial charge in [0, 0.05) is 31.1 Å². The second kappa shape index (κ2) is 9.93. The van der Waals surface area contributed by atoms with E-state index in [-0.39, 0.29) is 29.8 Å². The first kappa shape index (κ1) is 23.3. The molecule has 0 bridgehead atoms. The van der Waals surface area contributed by atoms with Crippen molar-refractivity contribution in [3.63, 3.8) is 0 Å². The summed E-state index contributed by atoms with van der Waals surface area (Å²) in [7, 11) is -3.49. The maximum atomic E-state index is 12.9. The van der Waals surface area contributed by atoms with Gasteiger partial charge in [-0.1, -0.05) is 25.0 Å². The molecule has 2 aromatic rings. The molecule has 176 valence electrons. The number of amides is 1. The highest BCUT2D eigenvalue weighted by molar-refractivity contribution is 7.89. The number of aryl methyl sites for hydroxylation is 1. The number of nitrogens with one attached hydrogen (secondary N) is 1. The lowest BCUT2D eigenvalue weighted by molar-refractivity contribution is -0.116. The van der Waals surface area contributed by atoms with E-state index in [4.69, 9.17) is 9.47 Å². The van der Waals surface area contributed by atoms with E-state index >= 15 is 0 Å². The average molecular weight is 473 g/mol. The van der Waals surface area contributed by atoms with Gasteiger partial charge < -0.3 is 14.8 Å². The number of rotatable bonds is 7. The van der Waals surface area contributed by atoms with Crippen molar-refractivity contribution in [2.45, 2.75) is 50.3 Å². The number of Topliss-reactive ketones (excluding diaryl/α,β-unsaturated/α-hetero) is 1. The van der Waals surface area contributed by atoms with Crippen molar-refractivity contribution in [2.75, 3.05) is 25.2 Å². The molecule has 0 radical (unpaired) electrons. The van der Waals surface area contributed by atoms with Crippen LogP contribution >= 0.6 is 0 Å². The Hall–Kier alpha value is -2.91. The molecule has 2 aliphatic heterocycles. The Morgan fingerprint density at radius 3 is 2.24 bits per heavy atom. The van der Waals surface area contributed by atoms with Gasteiger partial charge >= 0.3 is 0 Å². The van der Waals surface area contributed by atoms with E-state index in [0.717, 1.165) is 31.2 Å². The third kappa shape index (κ3) is 5.36. The van der Waals surface area contributed by atoms with Crippen molar-refractivity contribution in [1.29, 1.82) is 0 Å². The number of anilines is 1. The van der Waals surface area contributed by atoms with Crippen molar-refractivity contribution in [3.05, 3.63) is 47.5 Å². The van der Waals surface area contributed by atoms with Crippen LogP contribution in [0.5, 0.6) is 11.5 Å². The first-order valence-corrected chi connectivity index (χ1v) is 12.6. The van der Waals surface area contributed by atoms with Crippen molar-refractivity contribution >= 4 is 27.4 Å². The maximum Gasteiger partial charge on any atom is 0.243 e. The van der Waals surface area contributed by atoms with Crippen LogP contribution in [0.1, 0.15) is 54.9 Å². The normalized spacial score (nSPS) is 16.3. The molecule has 0 unspecified atom stereocenters. The van der Waals surface area contributed by atoms with Crippen LogP contribution in [0, 0.1) is 0 Å². The molecule has 2 aromatic carbocycles. The molecule has 1 saturated heterocycles. The molecule has 0 aliphatic carbocycles. The summed E-state index contributed by atoms with van der Waals surface area (Å²) in [5.41, 5.74) is 1.60. The Bertz CT molecular complexity index is 1140. The van der Waals surface area contributed by atoms with Gasteiger partial charge in [-0.25, -0.2) is 8.42 Å². The molecule has 2 heterocycles. The molecule has 1 amide bonds. The summed E-state index contributed by atoms with van der Waals surface area (Å²) in [6.07, 6.45) is 4.53. The van der Waals surface area contributed by atoms with Crippen LogP contribution in [0.2, 0.25) is 0 Å². The predicted molar refractivity (Wildman–Crippen MR) is 123 cm³/mol. The van der Waals surface area contributed by atoms with Crippen LogP contribution in [0.4, 0.5) is 5.69 Å². The number of ether oxygens (including phenoxy) is 2. The largest absolute Gasteiger partial charge is 0.454 e. The Balaban J connectivity index is 1.38. The van der Waals surface area contributed by atoms with Gasteiger partial charge in [0.1, 0.15) is 0 Å². The van der Waals surface area contributed by atoms with Crippen LogP contribution in [-0.2, 0) is 21.2 Å². The van der Waals surface area contributed by atoms with Crippen LogP contribution in [0.15, 0.2) is 41.3 Å². The highest BCUT2D eigenvalue weighted by Gasteiger charge is 2.25. The minimum atomic E-state index is -3.49. The van der Waals surface area contributed by atoms with E-state index in [1.54, 1.807) is 40.7 Å². The first-order valence-electron chi connectivity index (χ1n) is 11.2. The van der Waals surface area contributed by atoms with Gasteiger partial charge in [-0.3, -0.25) is 9.59 Å². The molecular weight excluding hydrogens is 444 g/mol. The minimum absolute atomic E-state index is 0.0769. The van der Waals surface area contributed by atoms with Gasteiger partial charge in [0.15, 0.2) is 17.3 Å². The number of benzene rings is 2. The summed E-state index contributed by atoms with van der Waals surface area (Å²) in [6, 6.07) is 9.89. The highest BCUT2D eigenvalue weighted by Crippen LogP contribution is 2.37. The van der Waals surface area contributed by atoms with Gasteiger partial charge in [-0.05, 0) is 49.9 Å². The zero-order valence-corrected chi connectivity index (χ0v) is 19.4. The fraction of sp³-hybridized carbons (Fsp3) is 0.417. The average Bonchev–Trinajstić information content (AvgIpc) is 3.07. The monoisotopic (exact) mass is 472 g/mol. The highest BCUT2D eigenvalue weighted by atomic mass is 32.2. The molecule has 0 saturated carbocycles. The lowest BCUT2D eigenvalue weighted by Crippen LogP contribution is -2.31. The molecule has 9 heteroatoms. The number of carbonyl (C=O) groups is 2. The second-order valence-electron chi connectivity index (χ2n) is 8.32. The molecule has 4 rings (SSSR count). The first-order chi connectivity index (χ1) is 15.8. The summed E-state index contributed by atoms with van der Waals surface area (Å²) in [6.45, 7) is 2.63. The van der Waals surface area contributed by atoms with Gasteiger partial charge in [0.25, 0.3) is 0 Å². The number of hydrogen-bond acceptors (Lipinski definition) is 6. The minimum Gasteiger partial charge on any atom is -0.454 e. The van der Waals surface area contributed by atoms with Gasteiger partial charge in [0.05, 0.1) is 10.6 Å². The van der Waals surface area contributed by atoms with Crippen molar-refractivity contribution in [3.8, 4) is 11.5 Å². The topological polar surface area (TPSA) is 102 Å². The van der Waals surface area contributed by atoms with E-state index in [2.05, 4.69) is 5.32 Å². The summed E-state index contributed by atoms with van der Waals surface area (Å²) in [5.74, 6) is 0.521. The fourth-order valence-corrected chi connectivity index (χ4v) is 5.58. The molecule has 0 atom stereocenters. The summed E-state index contributed by atoms with van der Waals surface area (Å²) in [5, 5.41) is 2.78. The molecule has 1 N–H and O–H groups in total.